The molecule has 0 spiro atoms. The van der Waals surface area contributed by atoms with Gasteiger partial charge in [0.25, 0.3) is 0 Å². The fraction of sp³-hybridized carbons (Fsp3) is 0. The van der Waals surface area contributed by atoms with Crippen LogP contribution < -0.4 is 0 Å². The molecule has 1 heterocycles. The number of carbonyl (C=O) groups is 2. The molecule has 72 valence electrons. The molecule has 0 atom stereocenters. The van der Waals surface area contributed by atoms with Gasteiger partial charge in [0.2, 0.25) is 0 Å². The van der Waals surface area contributed by atoms with Gasteiger partial charge in [-0.3, -0.25) is 4.98 Å². The van der Waals surface area contributed by atoms with Crippen LogP contribution >= 0.6 is 0 Å². The number of nitrogens with zero attached hydrogens (tertiary/aromatic N) is 1. The number of hydrogen-bond acceptors (Lipinski definition) is 3. The molecular weight excluding hydrogens is 186 g/mol. The lowest BCUT2D eigenvalue weighted by molar-refractivity contribution is -0.131. The highest BCUT2D eigenvalue weighted by molar-refractivity contribution is 5.93. The Morgan fingerprint density at radius 2 is 2.07 bits per heavy atom. The van der Waals surface area contributed by atoms with Crippen LogP contribution in [0.4, 0.5) is 0 Å². The van der Waals surface area contributed by atoms with E-state index in [4.69, 9.17) is 10.2 Å². The molecule has 0 fully saturated rings. The zero-order valence-electron chi connectivity index (χ0n) is 7.04. The molecule has 0 saturated heterocycles. The molecule has 1 rings (SSSR count). The van der Waals surface area contributed by atoms with Crippen molar-refractivity contribution in [2.24, 2.45) is 0 Å². The Hall–Kier alpha value is -2.17. The monoisotopic (exact) mass is 193 g/mol. The van der Waals surface area contributed by atoms with Gasteiger partial charge < -0.3 is 10.2 Å². The molecule has 2 N–H and O–H groups in total. The molecule has 0 unspecified atom stereocenters. The van der Waals surface area contributed by atoms with Crippen LogP contribution in [0, 0.1) is 0 Å². The van der Waals surface area contributed by atoms with Gasteiger partial charge in [0.05, 0.1) is 11.3 Å². The molecule has 0 bridgehead atoms. The number of rotatable bonds is 3. The van der Waals surface area contributed by atoms with Crippen LogP contribution in [0.5, 0.6) is 0 Å². The Morgan fingerprint density at radius 3 is 2.64 bits per heavy atom. The summed E-state index contributed by atoms with van der Waals surface area (Å²) in [4.78, 5) is 24.6. The maximum Gasteiger partial charge on any atom is 0.337 e. The molecule has 1 aromatic rings. The van der Waals surface area contributed by atoms with E-state index < -0.39 is 11.9 Å². The summed E-state index contributed by atoms with van der Waals surface area (Å²) in [6, 6.07) is 2.83. The third-order valence-corrected chi connectivity index (χ3v) is 1.45. The SMILES string of the molecule is O=C(O)C=Cc1ncccc1C(=O)O. The first-order valence-electron chi connectivity index (χ1n) is 3.70. The van der Waals surface area contributed by atoms with E-state index in [-0.39, 0.29) is 11.3 Å². The van der Waals surface area contributed by atoms with Crippen molar-refractivity contribution in [2.45, 2.75) is 0 Å². The maximum absolute atomic E-state index is 10.6. The van der Waals surface area contributed by atoms with E-state index in [2.05, 4.69) is 4.98 Å². The van der Waals surface area contributed by atoms with Gasteiger partial charge in [-0.1, -0.05) is 0 Å². The Bertz CT molecular complexity index is 398. The first kappa shape index (κ1) is 9.91. The quantitative estimate of drug-likeness (QED) is 0.695. The van der Waals surface area contributed by atoms with Gasteiger partial charge in [-0.15, -0.1) is 0 Å². The maximum atomic E-state index is 10.6. The summed E-state index contributed by atoms with van der Waals surface area (Å²) in [7, 11) is 0. The highest BCUT2D eigenvalue weighted by Crippen LogP contribution is 2.06. The average molecular weight is 193 g/mol. The van der Waals surface area contributed by atoms with Gasteiger partial charge in [-0.25, -0.2) is 9.59 Å². The van der Waals surface area contributed by atoms with Crippen molar-refractivity contribution >= 4 is 18.0 Å². The first-order chi connectivity index (χ1) is 6.61. The average Bonchev–Trinajstić information content (AvgIpc) is 2.15. The van der Waals surface area contributed by atoms with Crippen LogP contribution in [0.15, 0.2) is 24.4 Å². The number of aromatic carboxylic acids is 1. The van der Waals surface area contributed by atoms with Gasteiger partial charge >= 0.3 is 11.9 Å². The minimum Gasteiger partial charge on any atom is -0.478 e. The standard InChI is InChI=1S/C9H7NO4/c11-8(12)4-3-7-6(9(13)14)2-1-5-10-7/h1-5H,(H,11,12)(H,13,14). The molecule has 0 aliphatic rings. The first-order valence-corrected chi connectivity index (χ1v) is 3.70. The lowest BCUT2D eigenvalue weighted by Gasteiger charge is -1.97. The minimum absolute atomic E-state index is 0.0231. The number of carboxylic acid groups (broad SMARTS) is 2. The van der Waals surface area contributed by atoms with Crippen molar-refractivity contribution in [3.63, 3.8) is 0 Å². The van der Waals surface area contributed by atoms with E-state index in [1.807, 2.05) is 0 Å². The van der Waals surface area contributed by atoms with Crippen molar-refractivity contribution in [2.75, 3.05) is 0 Å². The second-order valence-electron chi connectivity index (χ2n) is 2.41. The van der Waals surface area contributed by atoms with E-state index in [0.717, 1.165) is 12.2 Å². The van der Waals surface area contributed by atoms with E-state index in [9.17, 15) is 9.59 Å². The van der Waals surface area contributed by atoms with E-state index in [1.165, 1.54) is 18.3 Å². The number of carboxylic acids is 2. The predicted molar refractivity (Wildman–Crippen MR) is 47.9 cm³/mol. The Labute approximate surface area is 79.3 Å². The summed E-state index contributed by atoms with van der Waals surface area (Å²) in [6.07, 6.45) is 3.38. The molecule has 5 heteroatoms. The summed E-state index contributed by atoms with van der Waals surface area (Å²) in [5.41, 5.74) is 0.104. The smallest absolute Gasteiger partial charge is 0.337 e. The normalized spacial score (nSPS) is 10.3. The number of pyridine rings is 1. The largest absolute Gasteiger partial charge is 0.478 e. The van der Waals surface area contributed by atoms with Crippen molar-refractivity contribution in [3.8, 4) is 0 Å². The predicted octanol–water partition coefficient (Wildman–Crippen LogP) is 0.878. The summed E-state index contributed by atoms with van der Waals surface area (Å²) in [5.74, 6) is -2.28. The highest BCUT2D eigenvalue weighted by atomic mass is 16.4. The number of aliphatic carboxylic acids is 1. The van der Waals surface area contributed by atoms with Crippen molar-refractivity contribution in [1.82, 2.24) is 4.98 Å². The highest BCUT2D eigenvalue weighted by Gasteiger charge is 2.07. The number of aromatic nitrogens is 1. The molecule has 14 heavy (non-hydrogen) atoms. The van der Waals surface area contributed by atoms with Crippen LogP contribution in [0.3, 0.4) is 0 Å². The molecule has 0 aliphatic heterocycles. The zero-order chi connectivity index (χ0) is 10.6. The van der Waals surface area contributed by atoms with Gasteiger partial charge in [0, 0.05) is 12.3 Å². The van der Waals surface area contributed by atoms with Gasteiger partial charge in [0.1, 0.15) is 0 Å². The Balaban J connectivity index is 3.07. The van der Waals surface area contributed by atoms with Crippen molar-refractivity contribution < 1.29 is 19.8 Å². The van der Waals surface area contributed by atoms with E-state index >= 15 is 0 Å². The third-order valence-electron chi connectivity index (χ3n) is 1.45. The summed E-state index contributed by atoms with van der Waals surface area (Å²) in [5, 5.41) is 17.1. The fourth-order valence-corrected chi connectivity index (χ4v) is 0.881. The second kappa shape index (κ2) is 4.18. The zero-order valence-corrected chi connectivity index (χ0v) is 7.04. The Morgan fingerprint density at radius 1 is 1.36 bits per heavy atom. The third kappa shape index (κ3) is 2.41. The lowest BCUT2D eigenvalue weighted by Crippen LogP contribution is -2.01. The van der Waals surface area contributed by atoms with Crippen LogP contribution in [0.25, 0.3) is 6.08 Å². The Kier molecular flexibility index (Phi) is 2.96. The van der Waals surface area contributed by atoms with E-state index in [0.29, 0.717) is 0 Å². The summed E-state index contributed by atoms with van der Waals surface area (Å²) < 4.78 is 0. The van der Waals surface area contributed by atoms with Crippen LogP contribution in [0.2, 0.25) is 0 Å². The van der Waals surface area contributed by atoms with Gasteiger partial charge in [-0.05, 0) is 18.2 Å². The molecular formula is C9H7NO4. The van der Waals surface area contributed by atoms with Crippen molar-refractivity contribution in [3.05, 3.63) is 35.7 Å². The van der Waals surface area contributed by atoms with Crippen LogP contribution in [-0.4, -0.2) is 27.1 Å². The molecule has 0 radical (unpaired) electrons. The molecule has 1 aromatic heterocycles. The molecule has 0 aromatic carbocycles. The van der Waals surface area contributed by atoms with E-state index in [1.54, 1.807) is 0 Å². The molecule has 0 amide bonds. The molecule has 0 saturated carbocycles. The van der Waals surface area contributed by atoms with Gasteiger partial charge in [0.15, 0.2) is 0 Å². The summed E-state index contributed by atoms with van der Waals surface area (Å²) in [6.45, 7) is 0. The topological polar surface area (TPSA) is 87.5 Å². The molecule has 0 aliphatic carbocycles. The lowest BCUT2D eigenvalue weighted by atomic mass is 10.2. The van der Waals surface area contributed by atoms with Crippen molar-refractivity contribution in [1.29, 1.82) is 0 Å². The number of hydrogen-bond donors (Lipinski definition) is 2. The minimum atomic E-state index is -1.15. The van der Waals surface area contributed by atoms with Crippen LogP contribution in [-0.2, 0) is 4.79 Å². The fourth-order valence-electron chi connectivity index (χ4n) is 0.881. The van der Waals surface area contributed by atoms with Crippen LogP contribution in [0.1, 0.15) is 16.1 Å². The second-order valence-corrected chi connectivity index (χ2v) is 2.41. The molecule has 5 nitrogen and oxygen atoms in total. The van der Waals surface area contributed by atoms with Gasteiger partial charge in [-0.2, -0.15) is 0 Å². The summed E-state index contributed by atoms with van der Waals surface area (Å²) >= 11 is 0.